The molecule has 0 saturated carbocycles. The van der Waals surface area contributed by atoms with Crippen molar-refractivity contribution in [2.75, 3.05) is 11.9 Å². The predicted molar refractivity (Wildman–Crippen MR) is 63.7 cm³/mol. The molecular formula is C11H10ClF3N4O. The van der Waals surface area contributed by atoms with Crippen LogP contribution in [0.2, 0.25) is 5.28 Å². The van der Waals surface area contributed by atoms with E-state index in [1.165, 1.54) is 0 Å². The number of aromatic nitrogens is 2. The maximum atomic E-state index is 12.8. The van der Waals surface area contributed by atoms with Crippen LogP contribution in [0.4, 0.5) is 19.0 Å². The van der Waals surface area contributed by atoms with E-state index in [4.69, 9.17) is 21.6 Å². The summed E-state index contributed by atoms with van der Waals surface area (Å²) in [5.74, 6) is -0.700. The van der Waals surface area contributed by atoms with Crippen molar-refractivity contribution in [3.8, 4) is 6.07 Å². The number of hydrogen-bond donors (Lipinski definition) is 1. The third-order valence-electron chi connectivity index (χ3n) is 2.83. The molecule has 20 heavy (non-hydrogen) atoms. The molecule has 0 amide bonds. The molecule has 0 spiro atoms. The minimum Gasteiger partial charge on any atom is -0.358 e. The molecule has 0 unspecified atom stereocenters. The molecule has 0 bridgehead atoms. The van der Waals surface area contributed by atoms with E-state index in [1.807, 2.05) is 0 Å². The first-order chi connectivity index (χ1) is 9.40. The molecule has 1 aliphatic heterocycles. The zero-order valence-electron chi connectivity index (χ0n) is 10.1. The van der Waals surface area contributed by atoms with Crippen LogP contribution in [0.3, 0.4) is 0 Å². The highest BCUT2D eigenvalue weighted by Crippen LogP contribution is 2.34. The first-order valence-electron chi connectivity index (χ1n) is 5.77. The summed E-state index contributed by atoms with van der Waals surface area (Å²) >= 11 is 5.52. The minimum atomic E-state index is -4.60. The van der Waals surface area contributed by atoms with Crippen molar-refractivity contribution in [3.05, 3.63) is 17.0 Å². The number of nitrogens with zero attached hydrogens (tertiary/aromatic N) is 3. The molecule has 1 fully saturated rings. The molecule has 2 atom stereocenters. The smallest absolute Gasteiger partial charge is 0.358 e. The Morgan fingerprint density at radius 3 is 2.90 bits per heavy atom. The van der Waals surface area contributed by atoms with Crippen molar-refractivity contribution < 1.29 is 17.9 Å². The second-order valence-corrected chi connectivity index (χ2v) is 4.59. The van der Waals surface area contributed by atoms with Gasteiger partial charge in [0.15, 0.2) is 0 Å². The van der Waals surface area contributed by atoms with Crippen molar-refractivity contribution >= 4 is 17.4 Å². The van der Waals surface area contributed by atoms with Gasteiger partial charge < -0.3 is 10.1 Å². The average molecular weight is 307 g/mol. The Kier molecular flexibility index (Phi) is 4.30. The molecule has 2 rings (SSSR count). The number of alkyl halides is 3. The molecule has 2 heterocycles. The van der Waals surface area contributed by atoms with Crippen LogP contribution in [0.1, 0.15) is 18.4 Å². The molecule has 1 saturated heterocycles. The van der Waals surface area contributed by atoms with E-state index in [-0.39, 0.29) is 17.6 Å². The average Bonchev–Trinajstić information content (AvgIpc) is 2.37. The molecule has 0 aliphatic carbocycles. The van der Waals surface area contributed by atoms with Crippen molar-refractivity contribution in [2.24, 2.45) is 5.92 Å². The van der Waals surface area contributed by atoms with E-state index in [9.17, 15) is 13.2 Å². The van der Waals surface area contributed by atoms with Crippen molar-refractivity contribution in [1.82, 2.24) is 9.97 Å². The third kappa shape index (κ3) is 3.49. The van der Waals surface area contributed by atoms with E-state index < -0.39 is 23.8 Å². The number of nitrogens with one attached hydrogen (secondary N) is 1. The summed E-state index contributed by atoms with van der Waals surface area (Å²) in [6.45, 7) is 0.302. The summed E-state index contributed by atoms with van der Waals surface area (Å²) < 4.78 is 43.8. The zero-order valence-corrected chi connectivity index (χ0v) is 10.9. The van der Waals surface area contributed by atoms with Crippen LogP contribution in [0.25, 0.3) is 0 Å². The number of anilines is 1. The fourth-order valence-corrected chi connectivity index (χ4v) is 1.98. The highest BCUT2D eigenvalue weighted by Gasteiger charge is 2.36. The Morgan fingerprint density at radius 2 is 2.25 bits per heavy atom. The van der Waals surface area contributed by atoms with Gasteiger partial charge in [-0.2, -0.15) is 18.4 Å². The van der Waals surface area contributed by atoms with Gasteiger partial charge >= 0.3 is 6.18 Å². The summed E-state index contributed by atoms with van der Waals surface area (Å²) in [4.78, 5) is 6.88. The summed E-state index contributed by atoms with van der Waals surface area (Å²) in [7, 11) is 0. The number of nitriles is 1. The quantitative estimate of drug-likeness (QED) is 0.851. The normalized spacial score (nSPS) is 23.1. The van der Waals surface area contributed by atoms with Crippen molar-refractivity contribution in [3.63, 3.8) is 0 Å². The SMILES string of the molecule is N#C[C@@H]1CCO[C@@H](Nc2nc(Cl)ncc2C(F)(F)F)C1. The second-order valence-electron chi connectivity index (χ2n) is 4.25. The van der Waals surface area contributed by atoms with Gasteiger partial charge in [0.1, 0.15) is 17.6 Å². The number of rotatable bonds is 2. The zero-order chi connectivity index (χ0) is 14.8. The highest BCUT2D eigenvalue weighted by atomic mass is 35.5. The van der Waals surface area contributed by atoms with E-state index in [0.717, 1.165) is 0 Å². The Morgan fingerprint density at radius 1 is 1.50 bits per heavy atom. The van der Waals surface area contributed by atoms with Crippen molar-refractivity contribution in [2.45, 2.75) is 25.2 Å². The number of hydrogen-bond acceptors (Lipinski definition) is 5. The van der Waals surface area contributed by atoms with Crippen LogP contribution in [0.15, 0.2) is 6.20 Å². The fourth-order valence-electron chi connectivity index (χ4n) is 1.84. The van der Waals surface area contributed by atoms with E-state index >= 15 is 0 Å². The first kappa shape index (κ1) is 14.8. The number of ether oxygens (including phenoxy) is 1. The van der Waals surface area contributed by atoms with Crippen LogP contribution < -0.4 is 5.32 Å². The summed E-state index contributed by atoms with van der Waals surface area (Å²) in [6, 6.07) is 2.07. The maximum Gasteiger partial charge on any atom is 0.421 e. The molecule has 1 N–H and O–H groups in total. The molecule has 108 valence electrons. The molecular weight excluding hydrogens is 297 g/mol. The fraction of sp³-hybridized carbons (Fsp3) is 0.545. The lowest BCUT2D eigenvalue weighted by molar-refractivity contribution is -0.137. The molecule has 1 aromatic rings. The van der Waals surface area contributed by atoms with E-state index in [2.05, 4.69) is 21.4 Å². The lowest BCUT2D eigenvalue weighted by atomic mass is 10.0. The summed E-state index contributed by atoms with van der Waals surface area (Å²) in [5, 5.41) is 11.1. The van der Waals surface area contributed by atoms with Crippen molar-refractivity contribution in [1.29, 1.82) is 5.26 Å². The Bertz CT molecular complexity index is 531. The monoisotopic (exact) mass is 306 g/mol. The van der Waals surface area contributed by atoms with Gasteiger partial charge in [0.2, 0.25) is 5.28 Å². The Labute approximate surface area is 117 Å². The van der Waals surface area contributed by atoms with Gasteiger partial charge in [-0.1, -0.05) is 0 Å². The summed E-state index contributed by atoms with van der Waals surface area (Å²) in [6.07, 6.45) is -3.85. The predicted octanol–water partition coefficient (Wildman–Crippen LogP) is 2.84. The van der Waals surface area contributed by atoms with E-state index in [1.54, 1.807) is 0 Å². The molecule has 1 aliphatic rings. The Balaban J connectivity index is 2.20. The highest BCUT2D eigenvalue weighted by molar-refractivity contribution is 6.28. The molecule has 1 aromatic heterocycles. The molecule has 0 radical (unpaired) electrons. The number of halogens is 4. The molecule has 9 heteroatoms. The topological polar surface area (TPSA) is 70.8 Å². The van der Waals surface area contributed by atoms with Crippen LogP contribution in [-0.2, 0) is 10.9 Å². The third-order valence-corrected chi connectivity index (χ3v) is 3.01. The van der Waals surface area contributed by atoms with Crippen LogP contribution in [-0.4, -0.2) is 22.8 Å². The minimum absolute atomic E-state index is 0.257. The molecule has 0 aromatic carbocycles. The van der Waals surface area contributed by atoms with E-state index in [0.29, 0.717) is 19.2 Å². The largest absolute Gasteiger partial charge is 0.421 e. The van der Waals surface area contributed by atoms with Gasteiger partial charge in [-0.25, -0.2) is 9.97 Å². The van der Waals surface area contributed by atoms with Gasteiger partial charge in [-0.05, 0) is 18.0 Å². The standard InChI is InChI=1S/C11H10ClF3N4O/c12-10-17-5-7(11(13,14)15)9(19-10)18-8-3-6(4-16)1-2-20-8/h5-6,8H,1-3H2,(H,17,18,19)/t6-,8-/m1/s1. The summed E-state index contributed by atoms with van der Waals surface area (Å²) in [5.41, 5.74) is -1.02. The van der Waals surface area contributed by atoms with Crippen LogP contribution >= 0.6 is 11.6 Å². The lowest BCUT2D eigenvalue weighted by Crippen LogP contribution is -2.32. The van der Waals surface area contributed by atoms with Gasteiger partial charge in [0, 0.05) is 12.6 Å². The maximum absolute atomic E-state index is 12.8. The molecule has 5 nitrogen and oxygen atoms in total. The van der Waals surface area contributed by atoms with Gasteiger partial charge in [0.25, 0.3) is 0 Å². The van der Waals surface area contributed by atoms with Crippen LogP contribution in [0, 0.1) is 17.2 Å². The lowest BCUT2D eigenvalue weighted by Gasteiger charge is -2.27. The van der Waals surface area contributed by atoms with Crippen LogP contribution in [0.5, 0.6) is 0 Å². The Hall–Kier alpha value is -1.59. The second kappa shape index (κ2) is 5.81. The van der Waals surface area contributed by atoms with Gasteiger partial charge in [-0.3, -0.25) is 0 Å². The van der Waals surface area contributed by atoms with Gasteiger partial charge in [0.05, 0.1) is 18.6 Å². The van der Waals surface area contributed by atoms with Gasteiger partial charge in [-0.15, -0.1) is 0 Å². The first-order valence-corrected chi connectivity index (χ1v) is 6.15.